The van der Waals surface area contributed by atoms with Gasteiger partial charge < -0.3 is 4.74 Å². The maximum atomic E-state index is 6.78. The quantitative estimate of drug-likeness (QED) is 0.178. The molecule has 1 atom stereocenters. The molecule has 0 fully saturated rings. The van der Waals surface area contributed by atoms with Gasteiger partial charge in [-0.15, -0.1) is 0 Å². The van der Waals surface area contributed by atoms with Gasteiger partial charge >= 0.3 is 0 Å². The Morgan fingerprint density at radius 3 is 1.55 bits per heavy atom. The fourth-order valence-electron chi connectivity index (χ4n) is 10.5. The Kier molecular flexibility index (Phi) is 6.25. The Morgan fingerprint density at radius 1 is 0.309 bits per heavy atom. The summed E-state index contributed by atoms with van der Waals surface area (Å²) in [4.78, 5) is 0. The highest BCUT2D eigenvalue weighted by Crippen LogP contribution is 2.64. The summed E-state index contributed by atoms with van der Waals surface area (Å²) in [6.07, 6.45) is 0. The SMILES string of the molecule is c1ccc(C2(c3ccccc3)c3ccccc3Oc3ccc(-c4ccc5c(c4)C4(c6ccccc6-5)c5ccccc5-c5ccc6ccccc6c54)cc32)cc1. The zero-order valence-electron chi connectivity index (χ0n) is 30.0. The first kappa shape index (κ1) is 30.5. The van der Waals surface area contributed by atoms with E-state index in [9.17, 15) is 0 Å². The number of ether oxygens (including phenoxy) is 1. The summed E-state index contributed by atoms with van der Waals surface area (Å²) in [6, 6.07) is 76.2. The van der Waals surface area contributed by atoms with Crippen LogP contribution in [0.1, 0.15) is 44.5 Å². The van der Waals surface area contributed by atoms with Gasteiger partial charge in [-0.1, -0.05) is 182 Å². The fourth-order valence-corrected chi connectivity index (χ4v) is 10.5. The average Bonchev–Trinajstić information content (AvgIpc) is 3.73. The van der Waals surface area contributed by atoms with Gasteiger partial charge in [0.1, 0.15) is 11.5 Å². The largest absolute Gasteiger partial charge is 0.457 e. The molecule has 1 spiro atoms. The Morgan fingerprint density at radius 2 is 0.818 bits per heavy atom. The molecule has 12 rings (SSSR count). The van der Waals surface area contributed by atoms with Crippen LogP contribution in [0, 0.1) is 0 Å². The second-order valence-corrected chi connectivity index (χ2v) is 15.1. The molecule has 9 aromatic carbocycles. The number of rotatable bonds is 3. The molecular weight excluding hydrogens is 665 g/mol. The normalized spacial score (nSPS) is 16.4. The second-order valence-electron chi connectivity index (χ2n) is 15.1. The first-order chi connectivity index (χ1) is 27.3. The zero-order valence-corrected chi connectivity index (χ0v) is 30.0. The van der Waals surface area contributed by atoms with Crippen molar-refractivity contribution in [1.29, 1.82) is 0 Å². The molecule has 1 nitrogen and oxygen atoms in total. The van der Waals surface area contributed by atoms with Crippen molar-refractivity contribution in [2.75, 3.05) is 0 Å². The molecule has 0 saturated heterocycles. The van der Waals surface area contributed by atoms with Crippen LogP contribution in [0.4, 0.5) is 0 Å². The van der Waals surface area contributed by atoms with Crippen LogP contribution in [0.15, 0.2) is 206 Å². The summed E-state index contributed by atoms with van der Waals surface area (Å²) in [5.74, 6) is 1.77. The summed E-state index contributed by atoms with van der Waals surface area (Å²) >= 11 is 0. The molecule has 256 valence electrons. The van der Waals surface area contributed by atoms with Gasteiger partial charge in [0.25, 0.3) is 0 Å². The van der Waals surface area contributed by atoms with E-state index in [1.54, 1.807) is 0 Å². The van der Waals surface area contributed by atoms with Crippen molar-refractivity contribution in [2.24, 2.45) is 0 Å². The number of fused-ring (bicyclic) bond motifs is 14. The van der Waals surface area contributed by atoms with Gasteiger partial charge in [0, 0.05) is 11.1 Å². The molecule has 1 heterocycles. The van der Waals surface area contributed by atoms with Gasteiger partial charge in [-0.2, -0.15) is 0 Å². The third-order valence-corrected chi connectivity index (χ3v) is 12.6. The van der Waals surface area contributed by atoms with E-state index < -0.39 is 10.8 Å². The minimum absolute atomic E-state index is 0.456. The third-order valence-electron chi connectivity index (χ3n) is 12.6. The molecule has 0 radical (unpaired) electrons. The second kappa shape index (κ2) is 11.3. The molecule has 3 aliphatic rings. The molecule has 0 amide bonds. The predicted octanol–water partition coefficient (Wildman–Crippen LogP) is 13.3. The Bertz CT molecular complexity index is 2960. The summed E-state index contributed by atoms with van der Waals surface area (Å²) < 4.78 is 6.78. The molecule has 2 aliphatic carbocycles. The molecule has 1 unspecified atom stereocenters. The Balaban J connectivity index is 1.14. The van der Waals surface area contributed by atoms with E-state index in [0.717, 1.165) is 28.2 Å². The van der Waals surface area contributed by atoms with E-state index in [2.05, 4.69) is 206 Å². The standard InChI is InChI=1S/C54H34O/c1-3-16-38(17-4-1)53(39-18-5-2-6-19-39)47-25-13-14-26-50(47)55-51-32-29-37(34-49(51)53)36-28-30-43-41-21-9-11-23-45(41)54(48(43)33-36)46-24-12-10-22-42(46)44-31-27-35-15-7-8-20-40(35)52(44)54/h1-34H. The first-order valence-corrected chi connectivity index (χ1v) is 19.2. The molecule has 0 N–H and O–H groups in total. The van der Waals surface area contributed by atoms with E-state index in [0.29, 0.717) is 0 Å². The molecule has 1 heteroatoms. The summed E-state index contributed by atoms with van der Waals surface area (Å²) in [7, 11) is 0. The van der Waals surface area contributed by atoms with Crippen molar-refractivity contribution in [3.05, 3.63) is 251 Å². The van der Waals surface area contributed by atoms with Crippen molar-refractivity contribution >= 4 is 10.8 Å². The summed E-state index contributed by atoms with van der Waals surface area (Å²) in [5, 5.41) is 2.58. The lowest BCUT2D eigenvalue weighted by Gasteiger charge is -2.41. The Labute approximate surface area is 320 Å². The lowest BCUT2D eigenvalue weighted by Crippen LogP contribution is -2.34. The van der Waals surface area contributed by atoms with Crippen LogP contribution in [0.2, 0.25) is 0 Å². The van der Waals surface area contributed by atoms with E-state index >= 15 is 0 Å². The van der Waals surface area contributed by atoms with Gasteiger partial charge in [0.2, 0.25) is 0 Å². The Hall–Kier alpha value is -6.96. The van der Waals surface area contributed by atoms with Crippen molar-refractivity contribution < 1.29 is 4.74 Å². The zero-order chi connectivity index (χ0) is 36.1. The van der Waals surface area contributed by atoms with Crippen LogP contribution in [-0.4, -0.2) is 0 Å². The number of para-hydroxylation sites is 1. The van der Waals surface area contributed by atoms with E-state index in [1.165, 1.54) is 72.0 Å². The monoisotopic (exact) mass is 698 g/mol. The fraction of sp³-hybridized carbons (Fsp3) is 0.0370. The molecule has 1 aliphatic heterocycles. The van der Waals surface area contributed by atoms with Crippen LogP contribution >= 0.6 is 0 Å². The minimum atomic E-state index is -0.584. The highest BCUT2D eigenvalue weighted by atomic mass is 16.5. The lowest BCUT2D eigenvalue weighted by atomic mass is 9.63. The minimum Gasteiger partial charge on any atom is -0.457 e. The number of benzene rings is 9. The van der Waals surface area contributed by atoms with Crippen LogP contribution in [0.3, 0.4) is 0 Å². The van der Waals surface area contributed by atoms with Crippen molar-refractivity contribution in [3.63, 3.8) is 0 Å². The maximum absolute atomic E-state index is 6.78. The number of hydrogen-bond donors (Lipinski definition) is 0. The third kappa shape index (κ3) is 3.92. The van der Waals surface area contributed by atoms with Crippen molar-refractivity contribution in [1.82, 2.24) is 0 Å². The van der Waals surface area contributed by atoms with Gasteiger partial charge in [0.05, 0.1) is 10.8 Å². The maximum Gasteiger partial charge on any atom is 0.132 e. The molecule has 0 aromatic heterocycles. The van der Waals surface area contributed by atoms with Gasteiger partial charge in [-0.3, -0.25) is 0 Å². The summed E-state index contributed by atoms with van der Waals surface area (Å²) in [6.45, 7) is 0. The van der Waals surface area contributed by atoms with Crippen LogP contribution < -0.4 is 4.74 Å². The van der Waals surface area contributed by atoms with Crippen LogP contribution in [0.5, 0.6) is 11.5 Å². The highest BCUT2D eigenvalue weighted by molar-refractivity contribution is 6.04. The molecule has 0 saturated carbocycles. The van der Waals surface area contributed by atoms with E-state index in [-0.39, 0.29) is 0 Å². The molecule has 9 aromatic rings. The molecule has 0 bridgehead atoms. The van der Waals surface area contributed by atoms with Crippen molar-refractivity contribution in [3.8, 4) is 44.9 Å². The van der Waals surface area contributed by atoms with Gasteiger partial charge in [0.15, 0.2) is 0 Å². The average molecular weight is 699 g/mol. The van der Waals surface area contributed by atoms with E-state index in [4.69, 9.17) is 4.74 Å². The molecule has 55 heavy (non-hydrogen) atoms. The molecular formula is C54H34O. The summed E-state index contributed by atoms with van der Waals surface area (Å²) in [5.41, 5.74) is 16.7. The first-order valence-electron chi connectivity index (χ1n) is 19.2. The van der Waals surface area contributed by atoms with Gasteiger partial charge in [-0.05, 0) is 102 Å². The van der Waals surface area contributed by atoms with Crippen LogP contribution in [-0.2, 0) is 10.8 Å². The topological polar surface area (TPSA) is 9.23 Å². The van der Waals surface area contributed by atoms with Gasteiger partial charge in [-0.25, -0.2) is 0 Å². The smallest absolute Gasteiger partial charge is 0.132 e. The van der Waals surface area contributed by atoms with E-state index in [1.807, 2.05) is 0 Å². The van der Waals surface area contributed by atoms with Crippen LogP contribution in [0.25, 0.3) is 44.2 Å². The highest BCUT2D eigenvalue weighted by Gasteiger charge is 2.52. The van der Waals surface area contributed by atoms with Crippen molar-refractivity contribution in [2.45, 2.75) is 10.8 Å². The number of hydrogen-bond acceptors (Lipinski definition) is 1. The predicted molar refractivity (Wildman–Crippen MR) is 224 cm³/mol. The lowest BCUT2D eigenvalue weighted by molar-refractivity contribution is 0.434.